The number of carbonyl (C=O) groups excluding carboxylic acids is 3. The van der Waals surface area contributed by atoms with Crippen LogP contribution in [-0.2, 0) is 25.7 Å². The van der Waals surface area contributed by atoms with Crippen molar-refractivity contribution in [3.63, 3.8) is 0 Å². The molecule has 2 aromatic carbocycles. The first-order valence-electron chi connectivity index (χ1n) is 10.5. The van der Waals surface area contributed by atoms with E-state index in [4.69, 9.17) is 16.3 Å². The summed E-state index contributed by atoms with van der Waals surface area (Å²) in [5.41, 5.74) is 1.36. The molecule has 2 bridgehead atoms. The van der Waals surface area contributed by atoms with E-state index in [1.54, 1.807) is 35.2 Å². The minimum Gasteiger partial charge on any atom is -0.360 e. The van der Waals surface area contributed by atoms with E-state index in [0.29, 0.717) is 22.9 Å². The van der Waals surface area contributed by atoms with Crippen molar-refractivity contribution in [3.05, 3.63) is 71.3 Å². The van der Waals surface area contributed by atoms with E-state index in [1.165, 1.54) is 6.92 Å². The third-order valence-corrected chi connectivity index (χ3v) is 6.68. The van der Waals surface area contributed by atoms with Gasteiger partial charge in [0.25, 0.3) is 0 Å². The molecule has 2 fully saturated rings. The number of halogens is 1. The van der Waals surface area contributed by atoms with Gasteiger partial charge in [0.15, 0.2) is 0 Å². The maximum atomic E-state index is 13.4. The zero-order chi connectivity index (χ0) is 22.5. The highest BCUT2D eigenvalue weighted by Crippen LogP contribution is 2.52. The predicted octanol–water partition coefficient (Wildman–Crippen LogP) is 2.90. The summed E-state index contributed by atoms with van der Waals surface area (Å²) >= 11 is 6.20. The van der Waals surface area contributed by atoms with Crippen molar-refractivity contribution in [2.45, 2.75) is 25.2 Å². The molecule has 1 spiro atoms. The predicted molar refractivity (Wildman–Crippen MR) is 120 cm³/mol. The summed E-state index contributed by atoms with van der Waals surface area (Å²) in [6, 6.07) is 14.4. The number of anilines is 2. The molecule has 0 radical (unpaired) electrons. The number of nitrogens with one attached hydrogen (secondary N) is 2. The van der Waals surface area contributed by atoms with Crippen molar-refractivity contribution >= 4 is 40.7 Å². The summed E-state index contributed by atoms with van der Waals surface area (Å²) < 4.78 is 6.17. The van der Waals surface area contributed by atoms with E-state index in [0.717, 1.165) is 5.56 Å². The number of hydrogen-bond donors (Lipinski definition) is 2. The monoisotopic (exact) mass is 451 g/mol. The number of benzene rings is 2. The van der Waals surface area contributed by atoms with Crippen LogP contribution in [0.15, 0.2) is 60.7 Å². The van der Waals surface area contributed by atoms with Crippen molar-refractivity contribution in [1.82, 2.24) is 5.32 Å². The molecule has 0 saturated carbocycles. The van der Waals surface area contributed by atoms with Crippen molar-refractivity contribution in [1.29, 1.82) is 0 Å². The zero-order valence-corrected chi connectivity index (χ0v) is 18.1. The standard InChI is InChI=1S/C24H22ClN3O4/c1-14(29)27-16-6-8-17(9-7-16)28-13-24-11-10-19(32-24)20(21(24)23(28)31)22(30)26-12-15-4-2-3-5-18(15)25/h2-11,19-21H,12-13H2,1H3,(H,26,30)(H,27,29)/t19-,20-,21+,24-/m1/s1. The van der Waals surface area contributed by atoms with Gasteiger partial charge in [0.05, 0.1) is 24.5 Å². The Balaban J connectivity index is 1.34. The summed E-state index contributed by atoms with van der Waals surface area (Å²) in [4.78, 5) is 39.4. The second kappa shape index (κ2) is 7.76. The number of nitrogens with zero attached hydrogens (tertiary/aromatic N) is 1. The molecule has 164 valence electrons. The van der Waals surface area contributed by atoms with Gasteiger partial charge in [-0.3, -0.25) is 14.4 Å². The molecule has 4 atom stereocenters. The minimum absolute atomic E-state index is 0.137. The third-order valence-electron chi connectivity index (χ3n) is 6.31. The van der Waals surface area contributed by atoms with Crippen LogP contribution < -0.4 is 15.5 Å². The van der Waals surface area contributed by atoms with Crippen molar-refractivity contribution in [3.8, 4) is 0 Å². The van der Waals surface area contributed by atoms with Crippen molar-refractivity contribution in [2.24, 2.45) is 11.8 Å². The van der Waals surface area contributed by atoms with Gasteiger partial charge in [0, 0.05) is 29.9 Å². The Morgan fingerprint density at radius 3 is 2.66 bits per heavy atom. The van der Waals surface area contributed by atoms with E-state index in [2.05, 4.69) is 10.6 Å². The maximum absolute atomic E-state index is 13.4. The van der Waals surface area contributed by atoms with Crippen molar-refractivity contribution < 1.29 is 19.1 Å². The molecule has 3 amide bonds. The number of amides is 3. The minimum atomic E-state index is -0.801. The van der Waals surface area contributed by atoms with Crippen LogP contribution in [0.5, 0.6) is 0 Å². The van der Waals surface area contributed by atoms with E-state index >= 15 is 0 Å². The number of hydrogen-bond acceptors (Lipinski definition) is 4. The van der Waals surface area contributed by atoms with Gasteiger partial charge in [-0.2, -0.15) is 0 Å². The van der Waals surface area contributed by atoms with Gasteiger partial charge in [-0.1, -0.05) is 42.0 Å². The first kappa shape index (κ1) is 20.7. The second-order valence-corrected chi connectivity index (χ2v) is 8.77. The summed E-state index contributed by atoms with van der Waals surface area (Å²) in [6.45, 7) is 2.07. The fourth-order valence-electron chi connectivity index (χ4n) is 4.89. The van der Waals surface area contributed by atoms with Gasteiger partial charge in [-0.15, -0.1) is 0 Å². The van der Waals surface area contributed by atoms with E-state index in [1.807, 2.05) is 30.4 Å². The average Bonchev–Trinajstić information content (AvgIpc) is 3.41. The Bertz CT molecular complexity index is 1130. The molecule has 0 aliphatic carbocycles. The molecule has 0 unspecified atom stereocenters. The number of carbonyl (C=O) groups is 3. The SMILES string of the molecule is CC(=O)Nc1ccc(N2C[C@@]34C=C[C@@H](O3)[C@@H](C(=O)NCc3ccccc3Cl)[C@H]4C2=O)cc1. The molecule has 2 saturated heterocycles. The van der Waals surface area contributed by atoms with Gasteiger partial charge >= 0.3 is 0 Å². The van der Waals surface area contributed by atoms with Crippen LogP contribution in [0.2, 0.25) is 5.02 Å². The molecule has 8 heteroatoms. The highest BCUT2D eigenvalue weighted by atomic mass is 35.5. The first-order valence-corrected chi connectivity index (χ1v) is 10.8. The maximum Gasteiger partial charge on any atom is 0.234 e. The number of ether oxygens (including phenoxy) is 1. The largest absolute Gasteiger partial charge is 0.360 e. The van der Waals surface area contributed by atoms with Crippen LogP contribution in [0.3, 0.4) is 0 Å². The van der Waals surface area contributed by atoms with E-state index < -0.39 is 23.5 Å². The number of fused-ring (bicyclic) bond motifs is 1. The molecular weight excluding hydrogens is 430 g/mol. The fraction of sp³-hybridized carbons (Fsp3) is 0.292. The van der Waals surface area contributed by atoms with Gasteiger partial charge in [0.1, 0.15) is 5.60 Å². The Hall–Kier alpha value is -3.16. The molecule has 0 aromatic heterocycles. The molecule has 32 heavy (non-hydrogen) atoms. The normalized spacial score (nSPS) is 27.5. The summed E-state index contributed by atoms with van der Waals surface area (Å²) in [6.07, 6.45) is 3.39. The Morgan fingerprint density at radius 2 is 1.94 bits per heavy atom. The molecule has 3 heterocycles. The molecule has 2 N–H and O–H groups in total. The zero-order valence-electron chi connectivity index (χ0n) is 17.4. The van der Waals surface area contributed by atoms with Gasteiger partial charge in [0.2, 0.25) is 17.7 Å². The molecule has 5 rings (SSSR count). The van der Waals surface area contributed by atoms with Crippen LogP contribution in [-0.4, -0.2) is 36.0 Å². The molecule has 3 aliphatic rings. The van der Waals surface area contributed by atoms with Crippen LogP contribution in [0, 0.1) is 11.8 Å². The molecule has 7 nitrogen and oxygen atoms in total. The number of rotatable bonds is 5. The quantitative estimate of drug-likeness (QED) is 0.684. The lowest BCUT2D eigenvalue weighted by molar-refractivity contribution is -0.132. The highest BCUT2D eigenvalue weighted by Gasteiger charge is 2.67. The van der Waals surface area contributed by atoms with Gasteiger partial charge in [-0.05, 0) is 35.9 Å². The molecular formula is C24H22ClN3O4. The lowest BCUT2D eigenvalue weighted by atomic mass is 9.77. The second-order valence-electron chi connectivity index (χ2n) is 8.36. The lowest BCUT2D eigenvalue weighted by Gasteiger charge is -2.23. The van der Waals surface area contributed by atoms with Crippen LogP contribution in [0.4, 0.5) is 11.4 Å². The Kier molecular flexibility index (Phi) is 5.03. The Labute approximate surface area is 190 Å². The van der Waals surface area contributed by atoms with E-state index in [9.17, 15) is 14.4 Å². The summed E-state index contributed by atoms with van der Waals surface area (Å²) in [5, 5.41) is 6.22. The summed E-state index contributed by atoms with van der Waals surface area (Å²) in [5.74, 6) is -1.70. The summed E-state index contributed by atoms with van der Waals surface area (Å²) in [7, 11) is 0. The topological polar surface area (TPSA) is 87.7 Å². The first-order chi connectivity index (χ1) is 15.4. The molecule has 3 aliphatic heterocycles. The molecule has 2 aromatic rings. The van der Waals surface area contributed by atoms with Gasteiger partial charge < -0.3 is 20.3 Å². The lowest BCUT2D eigenvalue weighted by Crippen LogP contribution is -2.44. The average molecular weight is 452 g/mol. The highest BCUT2D eigenvalue weighted by molar-refractivity contribution is 6.31. The van der Waals surface area contributed by atoms with Crippen LogP contribution in [0.25, 0.3) is 0 Å². The van der Waals surface area contributed by atoms with E-state index in [-0.39, 0.29) is 24.3 Å². The van der Waals surface area contributed by atoms with Crippen molar-refractivity contribution in [2.75, 3.05) is 16.8 Å². The van der Waals surface area contributed by atoms with Crippen LogP contribution >= 0.6 is 11.6 Å². The Morgan fingerprint density at radius 1 is 1.19 bits per heavy atom. The van der Waals surface area contributed by atoms with Crippen LogP contribution in [0.1, 0.15) is 12.5 Å². The van der Waals surface area contributed by atoms with Gasteiger partial charge in [-0.25, -0.2) is 0 Å². The fourth-order valence-corrected chi connectivity index (χ4v) is 5.09. The smallest absolute Gasteiger partial charge is 0.234 e. The third kappa shape index (κ3) is 3.38.